The van der Waals surface area contributed by atoms with Crippen LogP contribution in [0.15, 0.2) is 18.2 Å². The van der Waals surface area contributed by atoms with Gasteiger partial charge >= 0.3 is 0 Å². The van der Waals surface area contributed by atoms with E-state index in [1.165, 1.54) is 23.2 Å². The lowest BCUT2D eigenvalue weighted by molar-refractivity contribution is 1.11. The molecule has 0 saturated carbocycles. The Morgan fingerprint density at radius 3 is 3.18 bits per heavy atom. The third kappa shape index (κ3) is 1.11. The van der Waals surface area contributed by atoms with Crippen molar-refractivity contribution in [1.82, 2.24) is 0 Å². The van der Waals surface area contributed by atoms with Crippen LogP contribution in [0.3, 0.4) is 0 Å². The van der Waals surface area contributed by atoms with Crippen LogP contribution >= 0.6 is 0 Å². The van der Waals surface area contributed by atoms with Crippen LogP contribution in [-0.2, 0) is 12.8 Å². The maximum absolute atomic E-state index is 3.85. The minimum Gasteiger partial charge on any atom is -0.384 e. The van der Waals surface area contributed by atoms with Crippen molar-refractivity contribution in [3.8, 4) is 0 Å². The van der Waals surface area contributed by atoms with Crippen LogP contribution in [-0.4, -0.2) is 6.54 Å². The van der Waals surface area contributed by atoms with E-state index in [9.17, 15) is 0 Å². The van der Waals surface area contributed by atoms with E-state index in [-0.39, 0.29) is 0 Å². The van der Waals surface area contributed by atoms with E-state index in [4.69, 9.17) is 0 Å². The van der Waals surface area contributed by atoms with Gasteiger partial charge in [0.15, 0.2) is 0 Å². The summed E-state index contributed by atoms with van der Waals surface area (Å²) in [6.07, 6.45) is 2.06. The Labute approximate surface area is 67.4 Å². The normalized spacial score (nSPS) is 14.3. The van der Waals surface area contributed by atoms with Crippen molar-refractivity contribution in [2.45, 2.75) is 12.8 Å². The molecule has 0 fully saturated rings. The number of fused-ring (bicyclic) bond motifs is 1. The highest BCUT2D eigenvalue weighted by molar-refractivity contribution is 5.57. The van der Waals surface area contributed by atoms with Gasteiger partial charge in [-0.05, 0) is 37.0 Å². The first-order valence-electron chi connectivity index (χ1n) is 4.05. The third-order valence-corrected chi connectivity index (χ3v) is 2.17. The van der Waals surface area contributed by atoms with Crippen LogP contribution in [0.25, 0.3) is 0 Å². The van der Waals surface area contributed by atoms with Gasteiger partial charge in [0.1, 0.15) is 0 Å². The summed E-state index contributed by atoms with van der Waals surface area (Å²) in [6, 6.07) is 6.57. The van der Waals surface area contributed by atoms with Gasteiger partial charge in [-0.25, -0.2) is 0 Å². The van der Waals surface area contributed by atoms with Crippen molar-refractivity contribution in [3.05, 3.63) is 36.2 Å². The lowest BCUT2D eigenvalue weighted by atomic mass is 10.1. The first kappa shape index (κ1) is 6.71. The molecule has 2 rings (SSSR count). The molecule has 1 heterocycles. The summed E-state index contributed by atoms with van der Waals surface area (Å²) >= 11 is 0. The van der Waals surface area contributed by atoms with Gasteiger partial charge in [-0.3, -0.25) is 0 Å². The number of hydrogen-bond acceptors (Lipinski definition) is 1. The summed E-state index contributed by atoms with van der Waals surface area (Å²) in [4.78, 5) is 0. The van der Waals surface area contributed by atoms with Crippen LogP contribution < -0.4 is 5.32 Å². The molecule has 57 valence electrons. The quantitative estimate of drug-likeness (QED) is 0.639. The second-order valence-corrected chi connectivity index (χ2v) is 2.92. The van der Waals surface area contributed by atoms with Crippen LogP contribution in [0.2, 0.25) is 0 Å². The summed E-state index contributed by atoms with van der Waals surface area (Å²) in [7, 11) is 0. The zero-order valence-corrected chi connectivity index (χ0v) is 6.56. The lowest BCUT2D eigenvalue weighted by Gasteiger charge is -2.01. The Kier molecular flexibility index (Phi) is 1.57. The van der Waals surface area contributed by atoms with E-state index in [0.29, 0.717) is 0 Å². The Hall–Kier alpha value is -0.980. The van der Waals surface area contributed by atoms with E-state index in [1.54, 1.807) is 0 Å². The molecular weight excluding hydrogens is 134 g/mol. The smallest absolute Gasteiger partial charge is 0.0376 e. The minimum absolute atomic E-state index is 0.884. The maximum atomic E-state index is 3.85. The largest absolute Gasteiger partial charge is 0.384 e. The van der Waals surface area contributed by atoms with Gasteiger partial charge in [0.05, 0.1) is 0 Å². The van der Waals surface area contributed by atoms with Gasteiger partial charge in [-0.1, -0.05) is 12.1 Å². The molecule has 1 aromatic rings. The van der Waals surface area contributed by atoms with Crippen molar-refractivity contribution in [2.24, 2.45) is 0 Å². The summed E-state index contributed by atoms with van der Waals surface area (Å²) in [5.41, 5.74) is 4.08. The van der Waals surface area contributed by atoms with Crippen LogP contribution in [0.5, 0.6) is 0 Å². The van der Waals surface area contributed by atoms with Gasteiger partial charge in [-0.2, -0.15) is 0 Å². The minimum atomic E-state index is 0.884. The number of anilines is 1. The Balaban J connectivity index is 2.41. The standard InChI is InChI=1S/C10H12N/c1-2-8-3-4-9-5-6-11-10(9)7-8/h3-4,7,11H,1-2,5-6H2. The van der Waals surface area contributed by atoms with Crippen LogP contribution in [0.4, 0.5) is 5.69 Å². The first-order valence-corrected chi connectivity index (χ1v) is 4.05. The number of benzene rings is 1. The number of rotatable bonds is 1. The second kappa shape index (κ2) is 2.57. The van der Waals surface area contributed by atoms with Crippen LogP contribution in [0, 0.1) is 6.92 Å². The van der Waals surface area contributed by atoms with Gasteiger partial charge in [0.2, 0.25) is 0 Å². The molecule has 1 radical (unpaired) electrons. The molecule has 0 saturated heterocycles. The van der Waals surface area contributed by atoms with E-state index in [2.05, 4.69) is 30.4 Å². The fourth-order valence-corrected chi connectivity index (χ4v) is 1.49. The highest BCUT2D eigenvalue weighted by atomic mass is 14.9. The fraction of sp³-hybridized carbons (Fsp3) is 0.300. The SMILES string of the molecule is [CH2]Cc1ccc2c(c1)NCC2. The van der Waals surface area contributed by atoms with E-state index >= 15 is 0 Å². The van der Waals surface area contributed by atoms with Gasteiger partial charge < -0.3 is 5.32 Å². The van der Waals surface area contributed by atoms with Crippen molar-refractivity contribution in [2.75, 3.05) is 11.9 Å². The second-order valence-electron chi connectivity index (χ2n) is 2.92. The van der Waals surface area contributed by atoms with Crippen molar-refractivity contribution >= 4 is 5.69 Å². The Morgan fingerprint density at radius 1 is 1.45 bits per heavy atom. The molecular formula is C10H12N. The fourth-order valence-electron chi connectivity index (χ4n) is 1.49. The summed E-state index contributed by atoms with van der Waals surface area (Å²) < 4.78 is 0. The zero-order chi connectivity index (χ0) is 7.68. The zero-order valence-electron chi connectivity index (χ0n) is 6.56. The van der Waals surface area contributed by atoms with E-state index in [0.717, 1.165) is 13.0 Å². The van der Waals surface area contributed by atoms with E-state index in [1.807, 2.05) is 0 Å². The highest BCUT2D eigenvalue weighted by Gasteiger charge is 2.08. The van der Waals surface area contributed by atoms with Crippen molar-refractivity contribution < 1.29 is 0 Å². The molecule has 0 spiro atoms. The number of nitrogens with one attached hydrogen (secondary N) is 1. The average molecular weight is 146 g/mol. The molecule has 1 N–H and O–H groups in total. The predicted octanol–water partition coefficient (Wildman–Crippen LogP) is 2.03. The molecule has 1 aliphatic heterocycles. The number of hydrogen-bond donors (Lipinski definition) is 1. The van der Waals surface area contributed by atoms with Gasteiger partial charge in [-0.15, -0.1) is 0 Å². The summed E-state index contributed by atoms with van der Waals surface area (Å²) in [5, 5.41) is 3.35. The molecule has 1 heteroatoms. The van der Waals surface area contributed by atoms with Gasteiger partial charge in [0.25, 0.3) is 0 Å². The maximum Gasteiger partial charge on any atom is 0.0376 e. The highest BCUT2D eigenvalue weighted by Crippen LogP contribution is 2.22. The first-order chi connectivity index (χ1) is 5.40. The molecule has 11 heavy (non-hydrogen) atoms. The average Bonchev–Trinajstić information content (AvgIpc) is 2.50. The molecule has 0 unspecified atom stereocenters. The Bertz CT molecular complexity index is 266. The Morgan fingerprint density at radius 2 is 2.36 bits per heavy atom. The summed E-state index contributed by atoms with van der Waals surface area (Å²) in [6.45, 7) is 4.95. The van der Waals surface area contributed by atoms with E-state index < -0.39 is 0 Å². The monoisotopic (exact) mass is 146 g/mol. The van der Waals surface area contributed by atoms with Crippen LogP contribution in [0.1, 0.15) is 11.1 Å². The topological polar surface area (TPSA) is 12.0 Å². The lowest BCUT2D eigenvalue weighted by Crippen LogP contribution is -1.91. The van der Waals surface area contributed by atoms with Crippen molar-refractivity contribution in [3.63, 3.8) is 0 Å². The predicted molar refractivity (Wildman–Crippen MR) is 47.7 cm³/mol. The molecule has 1 aliphatic rings. The summed E-state index contributed by atoms with van der Waals surface area (Å²) in [5.74, 6) is 0. The molecule has 1 nitrogen and oxygen atoms in total. The molecule has 0 aromatic heterocycles. The third-order valence-electron chi connectivity index (χ3n) is 2.17. The molecule has 0 aliphatic carbocycles. The molecule has 0 amide bonds. The molecule has 0 atom stereocenters. The van der Waals surface area contributed by atoms with Crippen molar-refractivity contribution in [1.29, 1.82) is 0 Å². The molecule has 1 aromatic carbocycles. The molecule has 0 bridgehead atoms. The van der Waals surface area contributed by atoms with Gasteiger partial charge in [0, 0.05) is 12.2 Å².